The number of anilines is 1. The van der Waals surface area contributed by atoms with E-state index in [1.165, 1.54) is 7.11 Å². The highest BCUT2D eigenvalue weighted by Gasteiger charge is 2.33. The minimum absolute atomic E-state index is 0.0359. The number of methoxy groups -OCH3 is 1. The minimum atomic E-state index is -4.64. The minimum Gasteiger partial charge on any atom is -0.495 e. The Hall–Kier alpha value is -3.12. The van der Waals surface area contributed by atoms with Gasteiger partial charge in [0.15, 0.2) is 6.61 Å². The van der Waals surface area contributed by atoms with Crippen LogP contribution in [0.1, 0.15) is 18.4 Å². The molecule has 1 amide bonds. The van der Waals surface area contributed by atoms with Crippen molar-refractivity contribution in [1.82, 2.24) is 4.31 Å². The molecule has 1 heterocycles. The summed E-state index contributed by atoms with van der Waals surface area (Å²) in [4.78, 5) is 16.7. The fourth-order valence-electron chi connectivity index (χ4n) is 3.17. The molecule has 0 radical (unpaired) electrons. The van der Waals surface area contributed by atoms with Gasteiger partial charge in [-0.15, -0.1) is 0 Å². The molecule has 1 fully saturated rings. The first-order chi connectivity index (χ1) is 15.6. The summed E-state index contributed by atoms with van der Waals surface area (Å²) >= 11 is 0. The van der Waals surface area contributed by atoms with Gasteiger partial charge in [-0.1, -0.05) is 23.4 Å². The maximum Gasteiger partial charge on any atom is 0.416 e. The molecule has 33 heavy (non-hydrogen) atoms. The molecule has 3 rings (SSSR count). The van der Waals surface area contributed by atoms with Crippen molar-refractivity contribution < 1.29 is 36.0 Å². The standard InChI is InChI=1S/C21H22F3N3O5S/c1-31-19-8-3-2-7-18(19)25-20(28)14-32-26-16-9-11-27(12-10-16)33(29,30)17-6-4-5-15(13-17)21(22,23)24/h2-8,13H,9-12,14H2,1H3,(H,25,28). The highest BCUT2D eigenvalue weighted by Crippen LogP contribution is 2.31. The third-order valence-electron chi connectivity index (χ3n) is 4.87. The first-order valence-corrected chi connectivity index (χ1v) is 11.3. The van der Waals surface area contributed by atoms with Gasteiger partial charge in [0.2, 0.25) is 10.0 Å². The number of benzene rings is 2. The number of rotatable bonds is 7. The Labute approximate surface area is 189 Å². The van der Waals surface area contributed by atoms with Crippen LogP contribution in [-0.2, 0) is 25.8 Å². The normalized spacial score (nSPS) is 15.1. The summed E-state index contributed by atoms with van der Waals surface area (Å²) in [5.41, 5.74) is 0.00702. The van der Waals surface area contributed by atoms with Crippen molar-refractivity contribution in [1.29, 1.82) is 0 Å². The first-order valence-electron chi connectivity index (χ1n) is 9.89. The molecule has 1 aliphatic rings. The number of hydrogen-bond donors (Lipinski definition) is 1. The van der Waals surface area contributed by atoms with E-state index in [0.29, 0.717) is 23.2 Å². The monoisotopic (exact) mass is 485 g/mol. The van der Waals surface area contributed by atoms with E-state index in [4.69, 9.17) is 9.57 Å². The van der Waals surface area contributed by atoms with Gasteiger partial charge in [0.1, 0.15) is 5.75 Å². The van der Waals surface area contributed by atoms with Crippen molar-refractivity contribution in [2.75, 3.05) is 32.1 Å². The van der Waals surface area contributed by atoms with E-state index < -0.39 is 32.6 Å². The van der Waals surface area contributed by atoms with Gasteiger partial charge in [0.05, 0.1) is 29.0 Å². The van der Waals surface area contributed by atoms with Crippen LogP contribution in [-0.4, -0.2) is 51.1 Å². The Morgan fingerprint density at radius 2 is 1.82 bits per heavy atom. The molecule has 2 aromatic rings. The van der Waals surface area contributed by atoms with Gasteiger partial charge < -0.3 is 14.9 Å². The summed E-state index contributed by atoms with van der Waals surface area (Å²) in [6, 6.07) is 10.5. The molecule has 178 valence electrons. The lowest BCUT2D eigenvalue weighted by Gasteiger charge is -2.26. The Kier molecular flexibility index (Phi) is 7.59. The summed E-state index contributed by atoms with van der Waals surface area (Å²) in [7, 11) is -2.60. The predicted molar refractivity (Wildman–Crippen MR) is 114 cm³/mol. The molecule has 1 N–H and O–H groups in total. The SMILES string of the molecule is COc1ccccc1NC(=O)CON=C1CCN(S(=O)(=O)c2cccc(C(F)(F)F)c2)CC1. The second-order valence-corrected chi connectivity index (χ2v) is 9.05. The summed E-state index contributed by atoms with van der Waals surface area (Å²) in [6.45, 7) is -0.282. The van der Waals surface area contributed by atoms with E-state index in [-0.39, 0.29) is 32.5 Å². The second-order valence-electron chi connectivity index (χ2n) is 7.11. The summed E-state index contributed by atoms with van der Waals surface area (Å²) < 4.78 is 70.4. The largest absolute Gasteiger partial charge is 0.495 e. The number of sulfonamides is 1. The van der Waals surface area contributed by atoms with Crippen LogP contribution in [0.4, 0.5) is 18.9 Å². The van der Waals surface area contributed by atoms with E-state index in [0.717, 1.165) is 22.5 Å². The Bertz CT molecular complexity index is 1130. The van der Waals surface area contributed by atoms with E-state index >= 15 is 0 Å². The third kappa shape index (κ3) is 6.23. The van der Waals surface area contributed by atoms with Gasteiger partial charge >= 0.3 is 6.18 Å². The number of piperidine rings is 1. The van der Waals surface area contributed by atoms with Crippen molar-refractivity contribution in [2.45, 2.75) is 23.9 Å². The fourth-order valence-corrected chi connectivity index (χ4v) is 4.66. The molecule has 1 aliphatic heterocycles. The molecule has 0 aliphatic carbocycles. The number of hydrogen-bond acceptors (Lipinski definition) is 6. The highest BCUT2D eigenvalue weighted by molar-refractivity contribution is 7.89. The zero-order chi connectivity index (χ0) is 24.1. The number of nitrogens with zero attached hydrogens (tertiary/aromatic N) is 2. The second kappa shape index (κ2) is 10.2. The number of amides is 1. The number of oxime groups is 1. The molecule has 8 nitrogen and oxygen atoms in total. The van der Waals surface area contributed by atoms with Gasteiger partial charge in [-0.05, 0) is 30.3 Å². The lowest BCUT2D eigenvalue weighted by Crippen LogP contribution is -2.38. The van der Waals surface area contributed by atoms with Crippen LogP contribution in [0.2, 0.25) is 0 Å². The van der Waals surface area contributed by atoms with Crippen molar-refractivity contribution in [3.05, 3.63) is 54.1 Å². The van der Waals surface area contributed by atoms with Crippen LogP contribution in [0.3, 0.4) is 0 Å². The van der Waals surface area contributed by atoms with Gasteiger partial charge in [0, 0.05) is 25.9 Å². The van der Waals surface area contributed by atoms with E-state index in [2.05, 4.69) is 10.5 Å². The topological polar surface area (TPSA) is 97.3 Å². The van der Waals surface area contributed by atoms with Crippen LogP contribution >= 0.6 is 0 Å². The zero-order valence-electron chi connectivity index (χ0n) is 17.6. The van der Waals surface area contributed by atoms with Crippen LogP contribution in [0.5, 0.6) is 5.75 Å². The number of para-hydroxylation sites is 2. The number of carbonyl (C=O) groups excluding carboxylic acids is 1. The average Bonchev–Trinajstić information content (AvgIpc) is 2.79. The van der Waals surface area contributed by atoms with Gasteiger partial charge in [-0.2, -0.15) is 17.5 Å². The molecule has 0 spiro atoms. The van der Waals surface area contributed by atoms with E-state index in [1.807, 2.05) is 0 Å². The molecule has 0 aromatic heterocycles. The number of halogens is 3. The van der Waals surface area contributed by atoms with E-state index in [1.54, 1.807) is 24.3 Å². The van der Waals surface area contributed by atoms with Crippen molar-refractivity contribution in [2.24, 2.45) is 5.16 Å². The molecule has 0 atom stereocenters. The lowest BCUT2D eigenvalue weighted by molar-refractivity contribution is -0.137. The number of nitrogens with one attached hydrogen (secondary N) is 1. The number of carbonyl (C=O) groups is 1. The smallest absolute Gasteiger partial charge is 0.416 e. The first kappa shape index (κ1) is 24.5. The molecule has 1 saturated heterocycles. The van der Waals surface area contributed by atoms with E-state index in [9.17, 15) is 26.4 Å². The predicted octanol–water partition coefficient (Wildman–Crippen LogP) is 3.51. The third-order valence-corrected chi connectivity index (χ3v) is 6.76. The van der Waals surface area contributed by atoms with Crippen LogP contribution < -0.4 is 10.1 Å². The van der Waals surface area contributed by atoms with Crippen molar-refractivity contribution >= 4 is 27.3 Å². The van der Waals surface area contributed by atoms with Crippen molar-refractivity contribution in [3.63, 3.8) is 0 Å². The maximum absolute atomic E-state index is 12.9. The Morgan fingerprint density at radius 3 is 2.48 bits per heavy atom. The zero-order valence-corrected chi connectivity index (χ0v) is 18.4. The molecular formula is C21H22F3N3O5S. The molecule has 0 unspecified atom stereocenters. The molecular weight excluding hydrogens is 463 g/mol. The lowest BCUT2D eigenvalue weighted by atomic mass is 10.1. The van der Waals surface area contributed by atoms with Crippen LogP contribution in [0.15, 0.2) is 58.6 Å². The fraction of sp³-hybridized carbons (Fsp3) is 0.333. The molecule has 2 aromatic carbocycles. The van der Waals surface area contributed by atoms with Gasteiger partial charge in [-0.25, -0.2) is 8.42 Å². The van der Waals surface area contributed by atoms with Crippen molar-refractivity contribution in [3.8, 4) is 5.75 Å². The molecule has 0 bridgehead atoms. The highest BCUT2D eigenvalue weighted by atomic mass is 32.2. The molecule has 12 heteroatoms. The maximum atomic E-state index is 12.9. The van der Waals surface area contributed by atoms with Crippen LogP contribution in [0, 0.1) is 0 Å². The summed E-state index contributed by atoms with van der Waals surface area (Å²) in [6.07, 6.45) is -4.18. The molecule has 0 saturated carbocycles. The van der Waals surface area contributed by atoms with Gasteiger partial charge in [-0.3, -0.25) is 4.79 Å². The Balaban J connectivity index is 1.53. The van der Waals surface area contributed by atoms with Crippen LogP contribution in [0.25, 0.3) is 0 Å². The summed E-state index contributed by atoms with van der Waals surface area (Å²) in [5.74, 6) is 0.0416. The number of ether oxygens (including phenoxy) is 1. The average molecular weight is 485 g/mol. The Morgan fingerprint density at radius 1 is 1.12 bits per heavy atom. The number of alkyl halides is 3. The quantitative estimate of drug-likeness (QED) is 0.606. The van der Waals surface area contributed by atoms with Gasteiger partial charge in [0.25, 0.3) is 5.91 Å². The summed E-state index contributed by atoms with van der Waals surface area (Å²) in [5, 5.41) is 6.53.